The van der Waals surface area contributed by atoms with E-state index in [1.54, 1.807) is 5.56 Å². The molecule has 0 aromatic heterocycles. The van der Waals surface area contributed by atoms with Crippen molar-refractivity contribution in [1.82, 2.24) is 0 Å². The van der Waals surface area contributed by atoms with Crippen LogP contribution in [0.3, 0.4) is 0 Å². The minimum atomic E-state index is 0.456. The van der Waals surface area contributed by atoms with Gasteiger partial charge in [0.1, 0.15) is 5.75 Å². The number of hydrogen-bond donors (Lipinski definition) is 0. The van der Waals surface area contributed by atoms with Gasteiger partial charge in [0.15, 0.2) is 0 Å². The summed E-state index contributed by atoms with van der Waals surface area (Å²) < 4.78 is 5.71. The molecule has 0 radical (unpaired) electrons. The molecule has 0 heterocycles. The first-order valence-electron chi connectivity index (χ1n) is 8.54. The summed E-state index contributed by atoms with van der Waals surface area (Å²) in [4.78, 5) is 0. The third-order valence-corrected chi connectivity index (χ3v) is 4.76. The molecule has 1 aliphatic carbocycles. The Kier molecular flexibility index (Phi) is 5.94. The van der Waals surface area contributed by atoms with E-state index >= 15 is 0 Å². The first-order valence-corrected chi connectivity index (χ1v) is 8.54. The maximum atomic E-state index is 5.71. The highest BCUT2D eigenvalue weighted by molar-refractivity contribution is 5.33. The predicted octanol–water partition coefficient (Wildman–Crippen LogP) is 5.87. The van der Waals surface area contributed by atoms with Crippen molar-refractivity contribution in [2.24, 2.45) is 0 Å². The molecule has 0 aliphatic heterocycles. The fraction of sp³-hybridized carbons (Fsp3) is 0.684. The molecule has 2 rings (SSSR count). The van der Waals surface area contributed by atoms with Gasteiger partial charge in [-0.05, 0) is 48.8 Å². The van der Waals surface area contributed by atoms with Gasteiger partial charge in [0.05, 0.1) is 6.61 Å². The molecule has 1 heteroatoms. The van der Waals surface area contributed by atoms with Crippen LogP contribution in [0.2, 0.25) is 0 Å². The Labute approximate surface area is 124 Å². The molecule has 0 N–H and O–H groups in total. The van der Waals surface area contributed by atoms with Gasteiger partial charge in [0.2, 0.25) is 0 Å². The fourth-order valence-electron chi connectivity index (χ4n) is 3.55. The summed E-state index contributed by atoms with van der Waals surface area (Å²) >= 11 is 0. The van der Waals surface area contributed by atoms with E-state index < -0.39 is 0 Å². The minimum Gasteiger partial charge on any atom is -0.494 e. The van der Waals surface area contributed by atoms with Crippen molar-refractivity contribution in [3.8, 4) is 5.75 Å². The molecule has 1 aliphatic rings. The van der Waals surface area contributed by atoms with Crippen molar-refractivity contribution >= 4 is 0 Å². The average molecular weight is 274 g/mol. The van der Waals surface area contributed by atoms with Crippen LogP contribution in [0.25, 0.3) is 0 Å². The van der Waals surface area contributed by atoms with Gasteiger partial charge in [-0.2, -0.15) is 0 Å². The molecule has 1 aromatic carbocycles. The Morgan fingerprint density at radius 1 is 0.950 bits per heavy atom. The quantitative estimate of drug-likeness (QED) is 0.604. The Balaban J connectivity index is 2.11. The SMILES string of the molecule is CCCCC1(c2ccc(OCCC)cc2)CCCCC1. The van der Waals surface area contributed by atoms with E-state index in [0.717, 1.165) is 18.8 Å². The number of ether oxygens (including phenoxy) is 1. The molecule has 1 saturated carbocycles. The van der Waals surface area contributed by atoms with Crippen molar-refractivity contribution in [2.45, 2.75) is 77.0 Å². The van der Waals surface area contributed by atoms with Crippen molar-refractivity contribution in [3.63, 3.8) is 0 Å². The monoisotopic (exact) mass is 274 g/mol. The zero-order chi connectivity index (χ0) is 14.3. The van der Waals surface area contributed by atoms with Crippen LogP contribution in [-0.4, -0.2) is 6.61 Å². The van der Waals surface area contributed by atoms with E-state index in [2.05, 4.69) is 38.1 Å². The van der Waals surface area contributed by atoms with Crippen molar-refractivity contribution in [2.75, 3.05) is 6.61 Å². The molecule has 0 bridgehead atoms. The predicted molar refractivity (Wildman–Crippen MR) is 86.5 cm³/mol. The lowest BCUT2D eigenvalue weighted by atomic mass is 9.67. The van der Waals surface area contributed by atoms with Crippen LogP contribution in [0, 0.1) is 0 Å². The molecule has 0 spiro atoms. The molecular weight excluding hydrogens is 244 g/mol. The number of benzene rings is 1. The summed E-state index contributed by atoms with van der Waals surface area (Å²) in [5.74, 6) is 1.03. The first kappa shape index (κ1) is 15.4. The van der Waals surface area contributed by atoms with Crippen molar-refractivity contribution < 1.29 is 4.74 Å². The highest BCUT2D eigenvalue weighted by Gasteiger charge is 2.32. The minimum absolute atomic E-state index is 0.456. The number of hydrogen-bond acceptors (Lipinski definition) is 1. The second kappa shape index (κ2) is 7.71. The van der Waals surface area contributed by atoms with Crippen LogP contribution in [-0.2, 0) is 5.41 Å². The van der Waals surface area contributed by atoms with Gasteiger partial charge >= 0.3 is 0 Å². The Morgan fingerprint density at radius 2 is 1.65 bits per heavy atom. The van der Waals surface area contributed by atoms with E-state index in [0.29, 0.717) is 5.41 Å². The van der Waals surface area contributed by atoms with Gasteiger partial charge < -0.3 is 4.74 Å². The number of rotatable bonds is 7. The van der Waals surface area contributed by atoms with E-state index in [9.17, 15) is 0 Å². The second-order valence-corrected chi connectivity index (χ2v) is 6.32. The molecular formula is C19H30O. The number of unbranched alkanes of at least 4 members (excludes halogenated alkanes) is 1. The first-order chi connectivity index (χ1) is 9.80. The van der Waals surface area contributed by atoms with Gasteiger partial charge in [0, 0.05) is 0 Å². The Morgan fingerprint density at radius 3 is 2.25 bits per heavy atom. The normalized spacial score (nSPS) is 17.9. The molecule has 0 atom stereocenters. The van der Waals surface area contributed by atoms with Gasteiger partial charge in [-0.15, -0.1) is 0 Å². The highest BCUT2D eigenvalue weighted by atomic mass is 16.5. The van der Waals surface area contributed by atoms with Gasteiger partial charge in [-0.1, -0.05) is 58.1 Å². The summed E-state index contributed by atoms with van der Waals surface area (Å²) in [6.07, 6.45) is 12.1. The Bertz CT molecular complexity index is 373. The second-order valence-electron chi connectivity index (χ2n) is 6.32. The van der Waals surface area contributed by atoms with Gasteiger partial charge in [-0.25, -0.2) is 0 Å². The fourth-order valence-corrected chi connectivity index (χ4v) is 3.55. The summed E-state index contributed by atoms with van der Waals surface area (Å²) in [5, 5.41) is 0. The molecule has 1 fully saturated rings. The topological polar surface area (TPSA) is 9.23 Å². The van der Waals surface area contributed by atoms with E-state index in [1.165, 1.54) is 51.4 Å². The van der Waals surface area contributed by atoms with Crippen LogP contribution in [0.15, 0.2) is 24.3 Å². The maximum Gasteiger partial charge on any atom is 0.119 e. The van der Waals surface area contributed by atoms with Crippen LogP contribution in [0.1, 0.15) is 77.2 Å². The highest BCUT2D eigenvalue weighted by Crippen LogP contribution is 2.43. The van der Waals surface area contributed by atoms with Gasteiger partial charge in [-0.3, -0.25) is 0 Å². The molecule has 1 aromatic rings. The van der Waals surface area contributed by atoms with E-state index in [-0.39, 0.29) is 0 Å². The largest absolute Gasteiger partial charge is 0.494 e. The molecule has 0 unspecified atom stereocenters. The smallest absolute Gasteiger partial charge is 0.119 e. The molecule has 1 nitrogen and oxygen atoms in total. The third-order valence-electron chi connectivity index (χ3n) is 4.76. The summed E-state index contributed by atoms with van der Waals surface area (Å²) in [6.45, 7) is 5.27. The van der Waals surface area contributed by atoms with Crippen molar-refractivity contribution in [3.05, 3.63) is 29.8 Å². The van der Waals surface area contributed by atoms with Crippen LogP contribution >= 0.6 is 0 Å². The maximum absolute atomic E-state index is 5.71. The summed E-state index contributed by atoms with van der Waals surface area (Å²) in [6, 6.07) is 9.00. The lowest BCUT2D eigenvalue weighted by molar-refractivity contribution is 0.267. The van der Waals surface area contributed by atoms with Crippen LogP contribution in [0.4, 0.5) is 0 Å². The average Bonchev–Trinajstić information content (AvgIpc) is 2.52. The zero-order valence-electron chi connectivity index (χ0n) is 13.3. The third kappa shape index (κ3) is 3.77. The van der Waals surface area contributed by atoms with Crippen LogP contribution in [0.5, 0.6) is 5.75 Å². The summed E-state index contributed by atoms with van der Waals surface area (Å²) in [5.41, 5.74) is 2.01. The Hall–Kier alpha value is -0.980. The lowest BCUT2D eigenvalue weighted by Crippen LogP contribution is -2.29. The standard InChI is InChI=1S/C19H30O/c1-3-5-13-19(14-7-6-8-15-19)17-9-11-18(12-10-17)20-16-4-2/h9-12H,3-8,13-16H2,1-2H3. The van der Waals surface area contributed by atoms with Crippen LogP contribution < -0.4 is 4.74 Å². The summed E-state index contributed by atoms with van der Waals surface area (Å²) in [7, 11) is 0. The van der Waals surface area contributed by atoms with E-state index in [1.807, 2.05) is 0 Å². The van der Waals surface area contributed by atoms with Gasteiger partial charge in [0.25, 0.3) is 0 Å². The molecule has 0 saturated heterocycles. The molecule has 20 heavy (non-hydrogen) atoms. The zero-order valence-corrected chi connectivity index (χ0v) is 13.3. The molecule has 112 valence electrons. The lowest BCUT2D eigenvalue weighted by Gasteiger charge is -2.38. The van der Waals surface area contributed by atoms with E-state index in [4.69, 9.17) is 4.74 Å². The molecule has 0 amide bonds. The van der Waals surface area contributed by atoms with Crippen molar-refractivity contribution in [1.29, 1.82) is 0 Å².